The van der Waals surface area contributed by atoms with Crippen LogP contribution in [0.4, 0.5) is 0 Å². The van der Waals surface area contributed by atoms with E-state index in [4.69, 9.17) is 14.2 Å². The predicted molar refractivity (Wildman–Crippen MR) is 109 cm³/mol. The van der Waals surface area contributed by atoms with Gasteiger partial charge < -0.3 is 19.3 Å². The molecule has 0 bridgehead atoms. The van der Waals surface area contributed by atoms with Crippen molar-refractivity contribution in [3.05, 3.63) is 68.1 Å². The maximum atomic E-state index is 11.3. The number of hydrogen-bond acceptors (Lipinski definition) is 6. The van der Waals surface area contributed by atoms with Gasteiger partial charge in [0.25, 0.3) is 0 Å². The van der Waals surface area contributed by atoms with E-state index in [1.807, 2.05) is 42.5 Å². The van der Waals surface area contributed by atoms with Crippen LogP contribution in [0, 0.1) is 0 Å². The predicted octanol–water partition coefficient (Wildman–Crippen LogP) is 3.91. The second-order valence-corrected chi connectivity index (χ2v) is 7.31. The highest BCUT2D eigenvalue weighted by Crippen LogP contribution is 2.39. The van der Waals surface area contributed by atoms with Gasteiger partial charge in [-0.05, 0) is 42.5 Å². The fourth-order valence-corrected chi connectivity index (χ4v) is 3.69. The second kappa shape index (κ2) is 9.32. The Morgan fingerprint density at radius 2 is 1.68 bits per heavy atom. The number of aromatic amines is 1. The molecule has 0 atom stereocenters. The molecule has 2 aromatic carbocycles. The standard InChI is InChI=1S/C21H23NO5S/c1-25-16-11-15(9-6-10-18-20(23)22-21(24)28-18)12-17(26-2)19(16)27-13-14-7-4-3-5-8-14/h3-5,7-8,11-12,23H,6,9-10,13H2,1-2H3,(H,22,24). The summed E-state index contributed by atoms with van der Waals surface area (Å²) in [6, 6.07) is 13.8. The number of nitrogens with one attached hydrogen (secondary N) is 1. The average Bonchev–Trinajstić information content (AvgIpc) is 3.03. The van der Waals surface area contributed by atoms with E-state index >= 15 is 0 Å². The molecule has 6 nitrogen and oxygen atoms in total. The van der Waals surface area contributed by atoms with Gasteiger partial charge in [-0.15, -0.1) is 0 Å². The molecule has 3 aromatic rings. The van der Waals surface area contributed by atoms with Gasteiger partial charge in [-0.1, -0.05) is 41.7 Å². The third kappa shape index (κ3) is 4.86. The van der Waals surface area contributed by atoms with Gasteiger partial charge in [-0.2, -0.15) is 0 Å². The lowest BCUT2D eigenvalue weighted by Gasteiger charge is -2.16. The average molecular weight is 401 g/mol. The lowest BCUT2D eigenvalue weighted by atomic mass is 10.1. The molecule has 2 N–H and O–H groups in total. The van der Waals surface area contributed by atoms with Gasteiger partial charge in [0, 0.05) is 0 Å². The first kappa shape index (κ1) is 19.8. The van der Waals surface area contributed by atoms with Crippen LogP contribution in [0.2, 0.25) is 0 Å². The van der Waals surface area contributed by atoms with E-state index in [-0.39, 0.29) is 10.8 Å². The quantitative estimate of drug-likeness (QED) is 0.568. The molecule has 0 unspecified atom stereocenters. The Morgan fingerprint density at radius 1 is 1.00 bits per heavy atom. The molecule has 0 radical (unpaired) electrons. The molecule has 0 spiro atoms. The highest BCUT2D eigenvalue weighted by molar-refractivity contribution is 7.09. The Bertz CT molecular complexity index is 939. The number of thiazole rings is 1. The van der Waals surface area contributed by atoms with Crippen molar-refractivity contribution in [3.8, 4) is 23.1 Å². The normalized spacial score (nSPS) is 10.6. The Morgan fingerprint density at radius 3 is 2.25 bits per heavy atom. The molecule has 148 valence electrons. The van der Waals surface area contributed by atoms with Crippen LogP contribution in [0.3, 0.4) is 0 Å². The van der Waals surface area contributed by atoms with Gasteiger partial charge in [0.15, 0.2) is 11.5 Å². The van der Waals surface area contributed by atoms with Crippen molar-refractivity contribution in [2.45, 2.75) is 25.9 Å². The van der Waals surface area contributed by atoms with Crippen molar-refractivity contribution in [2.24, 2.45) is 0 Å². The molecule has 0 fully saturated rings. The van der Waals surface area contributed by atoms with E-state index < -0.39 is 0 Å². The molecule has 0 saturated heterocycles. The molecule has 0 saturated carbocycles. The third-order valence-corrected chi connectivity index (χ3v) is 5.25. The number of hydrogen-bond donors (Lipinski definition) is 2. The number of benzene rings is 2. The van der Waals surface area contributed by atoms with E-state index in [1.54, 1.807) is 14.2 Å². The zero-order valence-corrected chi connectivity index (χ0v) is 16.7. The SMILES string of the molecule is COc1cc(CCCc2sc(=O)[nH]c2O)cc(OC)c1OCc1ccccc1. The van der Waals surface area contributed by atoms with Crippen LogP contribution in [0.1, 0.15) is 22.4 Å². The number of H-pyrrole nitrogens is 1. The van der Waals surface area contributed by atoms with Crippen LogP contribution in [-0.4, -0.2) is 24.3 Å². The van der Waals surface area contributed by atoms with Crippen LogP contribution in [-0.2, 0) is 19.4 Å². The summed E-state index contributed by atoms with van der Waals surface area (Å²) in [6.45, 7) is 0.415. The number of methoxy groups -OCH3 is 2. The second-order valence-electron chi connectivity index (χ2n) is 6.24. The summed E-state index contributed by atoms with van der Waals surface area (Å²) in [5.41, 5.74) is 2.09. The zero-order chi connectivity index (χ0) is 19.9. The number of aromatic hydroxyl groups is 1. The molecule has 0 aliphatic carbocycles. The Balaban J connectivity index is 1.70. The summed E-state index contributed by atoms with van der Waals surface area (Å²) in [5.74, 6) is 1.76. The first-order valence-electron chi connectivity index (χ1n) is 8.93. The molecule has 28 heavy (non-hydrogen) atoms. The van der Waals surface area contributed by atoms with Crippen molar-refractivity contribution in [3.63, 3.8) is 0 Å². The number of aromatic nitrogens is 1. The monoisotopic (exact) mass is 401 g/mol. The van der Waals surface area contributed by atoms with Crippen molar-refractivity contribution in [2.75, 3.05) is 14.2 Å². The smallest absolute Gasteiger partial charge is 0.307 e. The number of aryl methyl sites for hydroxylation is 2. The Kier molecular flexibility index (Phi) is 6.60. The lowest BCUT2D eigenvalue weighted by molar-refractivity contribution is 0.265. The van der Waals surface area contributed by atoms with Crippen molar-refractivity contribution >= 4 is 11.3 Å². The van der Waals surface area contributed by atoms with Crippen LogP contribution < -0.4 is 19.1 Å². The van der Waals surface area contributed by atoms with Crippen LogP contribution >= 0.6 is 11.3 Å². The van der Waals surface area contributed by atoms with E-state index in [0.29, 0.717) is 35.2 Å². The molecule has 1 heterocycles. The van der Waals surface area contributed by atoms with E-state index in [0.717, 1.165) is 35.3 Å². The maximum Gasteiger partial charge on any atom is 0.307 e. The topological polar surface area (TPSA) is 80.8 Å². The summed E-state index contributed by atoms with van der Waals surface area (Å²) >= 11 is 1.04. The molecule has 7 heteroatoms. The minimum atomic E-state index is -0.240. The van der Waals surface area contributed by atoms with Crippen molar-refractivity contribution < 1.29 is 19.3 Å². The fourth-order valence-electron chi connectivity index (χ4n) is 2.93. The summed E-state index contributed by atoms with van der Waals surface area (Å²) in [6.07, 6.45) is 2.14. The zero-order valence-electron chi connectivity index (χ0n) is 15.9. The highest BCUT2D eigenvalue weighted by Gasteiger charge is 2.15. The van der Waals surface area contributed by atoms with E-state index in [1.165, 1.54) is 0 Å². The minimum absolute atomic E-state index is 0.0326. The Hall–Kier alpha value is -2.93. The third-order valence-electron chi connectivity index (χ3n) is 4.32. The van der Waals surface area contributed by atoms with E-state index in [2.05, 4.69) is 4.98 Å². The van der Waals surface area contributed by atoms with Gasteiger partial charge in [-0.3, -0.25) is 9.78 Å². The van der Waals surface area contributed by atoms with Gasteiger partial charge in [-0.25, -0.2) is 0 Å². The van der Waals surface area contributed by atoms with Gasteiger partial charge in [0.1, 0.15) is 6.61 Å². The summed E-state index contributed by atoms with van der Waals surface area (Å²) in [5, 5.41) is 9.68. The number of ether oxygens (including phenoxy) is 3. The minimum Gasteiger partial charge on any atom is -0.494 e. The number of rotatable bonds is 9. The summed E-state index contributed by atoms with van der Waals surface area (Å²) < 4.78 is 17.0. The van der Waals surface area contributed by atoms with Crippen LogP contribution in [0.25, 0.3) is 0 Å². The molecule has 0 aliphatic heterocycles. The van der Waals surface area contributed by atoms with Gasteiger partial charge >= 0.3 is 4.87 Å². The molecular weight excluding hydrogens is 378 g/mol. The lowest BCUT2D eigenvalue weighted by Crippen LogP contribution is -2.01. The Labute approximate surface area is 167 Å². The summed E-state index contributed by atoms with van der Waals surface area (Å²) in [7, 11) is 3.20. The maximum absolute atomic E-state index is 11.3. The first-order valence-corrected chi connectivity index (χ1v) is 9.75. The van der Waals surface area contributed by atoms with Crippen molar-refractivity contribution in [1.82, 2.24) is 4.98 Å². The molecule has 1 aromatic heterocycles. The molecule has 3 rings (SSSR count). The fraction of sp³-hybridized carbons (Fsp3) is 0.286. The molecular formula is C21H23NO5S. The van der Waals surface area contributed by atoms with Crippen molar-refractivity contribution in [1.29, 1.82) is 0 Å². The first-order chi connectivity index (χ1) is 13.6. The molecule has 0 aliphatic rings. The van der Waals surface area contributed by atoms with E-state index in [9.17, 15) is 9.90 Å². The van der Waals surface area contributed by atoms with Crippen LogP contribution in [0.5, 0.6) is 23.1 Å². The largest absolute Gasteiger partial charge is 0.494 e. The van der Waals surface area contributed by atoms with Gasteiger partial charge in [0.05, 0.1) is 19.1 Å². The van der Waals surface area contributed by atoms with Gasteiger partial charge in [0.2, 0.25) is 11.6 Å². The highest BCUT2D eigenvalue weighted by atomic mass is 32.1. The summed E-state index contributed by atoms with van der Waals surface area (Å²) in [4.78, 5) is 14.1. The molecule has 0 amide bonds. The van der Waals surface area contributed by atoms with Crippen LogP contribution in [0.15, 0.2) is 47.3 Å².